The van der Waals surface area contributed by atoms with Gasteiger partial charge in [0.15, 0.2) is 0 Å². The summed E-state index contributed by atoms with van der Waals surface area (Å²) in [6.07, 6.45) is 1.73. The van der Waals surface area contributed by atoms with E-state index < -0.39 is 29.3 Å². The average molecular weight is 476 g/mol. The number of aryl methyl sites for hydroxylation is 1. The summed E-state index contributed by atoms with van der Waals surface area (Å²) in [4.78, 5) is 41.6. The summed E-state index contributed by atoms with van der Waals surface area (Å²) in [6.45, 7) is 18.8. The molecule has 0 spiro atoms. The van der Waals surface area contributed by atoms with Gasteiger partial charge in [0.05, 0.1) is 0 Å². The minimum atomic E-state index is -0.881. The Morgan fingerprint density at radius 2 is 1.59 bits per heavy atom. The highest BCUT2D eigenvalue weighted by molar-refractivity contribution is 5.92. The molecule has 2 N–H and O–H groups in total. The summed E-state index contributed by atoms with van der Waals surface area (Å²) in [7, 11) is 0. The minimum absolute atomic E-state index is 0.0250. The van der Waals surface area contributed by atoms with Crippen molar-refractivity contribution in [3.63, 3.8) is 0 Å². The lowest BCUT2D eigenvalue weighted by Gasteiger charge is -2.44. The first-order valence-corrected chi connectivity index (χ1v) is 12.3. The van der Waals surface area contributed by atoms with Gasteiger partial charge in [-0.3, -0.25) is 9.59 Å². The fourth-order valence-corrected chi connectivity index (χ4v) is 3.82. The molecule has 0 saturated carbocycles. The second kappa shape index (κ2) is 12.2. The van der Waals surface area contributed by atoms with Crippen molar-refractivity contribution in [3.05, 3.63) is 35.4 Å². The summed E-state index contributed by atoms with van der Waals surface area (Å²) in [5, 5.41) is 5.75. The Kier molecular flexibility index (Phi) is 10.6. The van der Waals surface area contributed by atoms with Gasteiger partial charge in [-0.15, -0.1) is 0 Å². The number of benzene rings is 1. The van der Waals surface area contributed by atoms with Gasteiger partial charge in [0, 0.05) is 11.6 Å². The van der Waals surface area contributed by atoms with Gasteiger partial charge < -0.3 is 20.3 Å². The van der Waals surface area contributed by atoms with Gasteiger partial charge in [-0.25, -0.2) is 4.79 Å². The van der Waals surface area contributed by atoms with Gasteiger partial charge in [0.1, 0.15) is 17.7 Å². The molecule has 0 fully saturated rings. The highest BCUT2D eigenvalue weighted by atomic mass is 16.6. The molecule has 1 rings (SSSR count). The number of nitrogens with one attached hydrogen (secondary N) is 2. The van der Waals surface area contributed by atoms with Crippen LogP contribution < -0.4 is 10.6 Å². The molecule has 0 aliphatic heterocycles. The van der Waals surface area contributed by atoms with Crippen molar-refractivity contribution in [3.8, 4) is 0 Å². The molecule has 3 amide bonds. The molecular weight excluding hydrogens is 430 g/mol. The van der Waals surface area contributed by atoms with E-state index in [4.69, 9.17) is 4.74 Å². The predicted molar refractivity (Wildman–Crippen MR) is 136 cm³/mol. The average Bonchev–Trinajstić information content (AvgIpc) is 2.70. The summed E-state index contributed by atoms with van der Waals surface area (Å²) < 4.78 is 5.34. The minimum Gasteiger partial charge on any atom is -0.444 e. The van der Waals surface area contributed by atoms with Gasteiger partial charge in [-0.2, -0.15) is 0 Å². The lowest BCUT2D eigenvalue weighted by Crippen LogP contribution is -2.59. The van der Waals surface area contributed by atoms with Crippen molar-refractivity contribution < 1.29 is 19.1 Å². The number of nitrogens with zero attached hydrogens (tertiary/aromatic N) is 1. The highest BCUT2D eigenvalue weighted by Gasteiger charge is 2.42. The van der Waals surface area contributed by atoms with E-state index in [1.54, 1.807) is 32.6 Å². The zero-order valence-corrected chi connectivity index (χ0v) is 22.7. The molecule has 7 heteroatoms. The quantitative estimate of drug-likeness (QED) is 0.482. The molecule has 0 saturated heterocycles. The first kappa shape index (κ1) is 29.5. The van der Waals surface area contributed by atoms with E-state index >= 15 is 0 Å². The molecule has 0 aliphatic carbocycles. The monoisotopic (exact) mass is 475 g/mol. The van der Waals surface area contributed by atoms with Gasteiger partial charge in [-0.1, -0.05) is 44.5 Å². The fraction of sp³-hybridized carbons (Fsp3) is 0.667. The first-order chi connectivity index (χ1) is 15.6. The number of hydrogen-bond acceptors (Lipinski definition) is 4. The molecule has 0 aliphatic rings. The Morgan fingerprint density at radius 1 is 1.00 bits per heavy atom. The molecule has 0 heterocycles. The third kappa shape index (κ3) is 8.33. The van der Waals surface area contributed by atoms with E-state index in [1.807, 2.05) is 58.9 Å². The maximum Gasteiger partial charge on any atom is 0.408 e. The molecule has 1 aromatic rings. The van der Waals surface area contributed by atoms with Crippen LogP contribution >= 0.6 is 0 Å². The standard InChI is InChI=1S/C27H45N3O4/c1-11-15-19(4)28-23(31)22(21-17-14-13-16-18(21)3)30(27(9,10)12-2)24(32)20(5)29-25(33)34-26(6,7)8/h13-14,16-17,19-20,22H,11-12,15H2,1-10H3,(H,28,31)(H,29,33). The van der Waals surface area contributed by atoms with Crippen LogP contribution in [0.1, 0.15) is 98.7 Å². The molecule has 3 atom stereocenters. The largest absolute Gasteiger partial charge is 0.444 e. The summed E-state index contributed by atoms with van der Waals surface area (Å²) in [5.41, 5.74) is 0.347. The van der Waals surface area contributed by atoms with Gasteiger partial charge in [0.2, 0.25) is 11.8 Å². The number of amides is 3. The van der Waals surface area contributed by atoms with Crippen LogP contribution in [-0.2, 0) is 14.3 Å². The smallest absolute Gasteiger partial charge is 0.408 e. The molecule has 192 valence electrons. The molecular formula is C27H45N3O4. The van der Waals surface area contributed by atoms with Crippen LogP contribution in [0.15, 0.2) is 24.3 Å². The van der Waals surface area contributed by atoms with E-state index in [0.717, 1.165) is 24.0 Å². The van der Waals surface area contributed by atoms with Crippen LogP contribution in [0, 0.1) is 6.92 Å². The van der Waals surface area contributed by atoms with Crippen LogP contribution in [-0.4, -0.2) is 46.0 Å². The Labute approximate surface area is 206 Å². The predicted octanol–water partition coefficient (Wildman–Crippen LogP) is 5.27. The third-order valence-electron chi connectivity index (χ3n) is 5.96. The van der Waals surface area contributed by atoms with E-state index in [0.29, 0.717) is 6.42 Å². The van der Waals surface area contributed by atoms with Crippen molar-refractivity contribution in [2.24, 2.45) is 0 Å². The topological polar surface area (TPSA) is 87.7 Å². The SMILES string of the molecule is CCCC(C)NC(=O)C(c1ccccc1C)N(C(=O)C(C)NC(=O)OC(C)(C)C)C(C)(C)CC. The second-order valence-corrected chi connectivity index (χ2v) is 10.7. The summed E-state index contributed by atoms with van der Waals surface area (Å²) in [6, 6.07) is 5.87. The van der Waals surface area contributed by atoms with Crippen LogP contribution in [0.2, 0.25) is 0 Å². The number of rotatable bonds is 10. The molecule has 7 nitrogen and oxygen atoms in total. The molecule has 34 heavy (non-hydrogen) atoms. The number of alkyl carbamates (subject to hydrolysis) is 1. The Balaban J connectivity index is 3.48. The lowest BCUT2D eigenvalue weighted by atomic mass is 9.90. The molecule has 0 aromatic heterocycles. The van der Waals surface area contributed by atoms with Crippen molar-refractivity contribution in [2.75, 3.05) is 0 Å². The van der Waals surface area contributed by atoms with Gasteiger partial charge in [0.25, 0.3) is 0 Å². The van der Waals surface area contributed by atoms with Crippen molar-refractivity contribution in [1.82, 2.24) is 15.5 Å². The van der Waals surface area contributed by atoms with Crippen LogP contribution in [0.25, 0.3) is 0 Å². The fourth-order valence-electron chi connectivity index (χ4n) is 3.82. The van der Waals surface area contributed by atoms with E-state index in [2.05, 4.69) is 17.6 Å². The van der Waals surface area contributed by atoms with E-state index in [-0.39, 0.29) is 17.9 Å². The maximum atomic E-state index is 13.9. The normalized spacial score (nSPS) is 14.5. The Morgan fingerprint density at radius 3 is 2.09 bits per heavy atom. The third-order valence-corrected chi connectivity index (χ3v) is 5.96. The maximum absolute atomic E-state index is 13.9. The van der Waals surface area contributed by atoms with Crippen LogP contribution in [0.4, 0.5) is 4.79 Å². The Bertz CT molecular complexity index is 845. The van der Waals surface area contributed by atoms with Gasteiger partial charge >= 0.3 is 6.09 Å². The number of hydrogen-bond donors (Lipinski definition) is 2. The summed E-state index contributed by atoms with van der Waals surface area (Å²) in [5.74, 6) is -0.571. The zero-order chi connectivity index (χ0) is 26.3. The molecule has 0 radical (unpaired) electrons. The van der Waals surface area contributed by atoms with E-state index in [1.165, 1.54) is 0 Å². The van der Waals surface area contributed by atoms with Crippen molar-refractivity contribution >= 4 is 17.9 Å². The van der Waals surface area contributed by atoms with Crippen molar-refractivity contribution in [1.29, 1.82) is 0 Å². The highest BCUT2D eigenvalue weighted by Crippen LogP contribution is 2.33. The van der Waals surface area contributed by atoms with Crippen LogP contribution in [0.3, 0.4) is 0 Å². The summed E-state index contributed by atoms with van der Waals surface area (Å²) >= 11 is 0. The van der Waals surface area contributed by atoms with Gasteiger partial charge in [-0.05, 0) is 79.4 Å². The molecule has 0 bridgehead atoms. The Hall–Kier alpha value is -2.57. The zero-order valence-electron chi connectivity index (χ0n) is 22.7. The van der Waals surface area contributed by atoms with Crippen molar-refractivity contribution in [2.45, 2.75) is 118 Å². The first-order valence-electron chi connectivity index (χ1n) is 12.3. The molecule has 1 aromatic carbocycles. The lowest BCUT2D eigenvalue weighted by molar-refractivity contribution is -0.149. The second-order valence-electron chi connectivity index (χ2n) is 10.7. The molecule has 3 unspecified atom stereocenters. The van der Waals surface area contributed by atoms with Crippen LogP contribution in [0.5, 0.6) is 0 Å². The van der Waals surface area contributed by atoms with E-state index in [9.17, 15) is 14.4 Å². The number of carbonyl (C=O) groups excluding carboxylic acids is 3. The number of ether oxygens (including phenoxy) is 1. The number of carbonyl (C=O) groups is 3.